The summed E-state index contributed by atoms with van der Waals surface area (Å²) < 4.78 is 38.3. The molecule has 0 aliphatic rings. The van der Waals surface area contributed by atoms with Crippen molar-refractivity contribution in [1.29, 1.82) is 0 Å². The van der Waals surface area contributed by atoms with E-state index in [2.05, 4.69) is 5.10 Å². The molecular formula is C7H7F3N2O2. The average Bonchev–Trinajstić information content (AvgIpc) is 2.40. The monoisotopic (exact) mass is 208 g/mol. The van der Waals surface area contributed by atoms with Gasteiger partial charge in [-0.3, -0.25) is 4.68 Å². The maximum Gasteiger partial charge on any atom is 0.357 e. The van der Waals surface area contributed by atoms with E-state index in [0.29, 0.717) is 4.68 Å². The quantitative estimate of drug-likeness (QED) is 0.812. The lowest BCUT2D eigenvalue weighted by Gasteiger charge is -1.96. The Morgan fingerprint density at radius 3 is 2.64 bits per heavy atom. The van der Waals surface area contributed by atoms with E-state index < -0.39 is 36.0 Å². The van der Waals surface area contributed by atoms with Gasteiger partial charge in [0.2, 0.25) is 0 Å². The molecule has 78 valence electrons. The molecule has 0 radical (unpaired) electrons. The fourth-order valence-corrected chi connectivity index (χ4v) is 1.02. The lowest BCUT2D eigenvalue weighted by molar-refractivity contribution is 0.0679. The van der Waals surface area contributed by atoms with E-state index in [1.165, 1.54) is 0 Å². The number of halogens is 3. The predicted octanol–water partition coefficient (Wildman–Crippen LogP) is 1.24. The molecule has 1 N–H and O–H groups in total. The Morgan fingerprint density at radius 2 is 2.29 bits per heavy atom. The summed E-state index contributed by atoms with van der Waals surface area (Å²) in [5.41, 5.74) is -1.59. The standard InChI is InChI=1S/C7H7F3N2O2/c1-12-6(7(13)14)4(10)5(11-12)3(9)2-8/h3H,2H2,1H3,(H,13,14). The average molecular weight is 208 g/mol. The number of aromatic carboxylic acids is 1. The number of aryl methyl sites for hydroxylation is 1. The number of carbonyl (C=O) groups is 1. The van der Waals surface area contributed by atoms with Crippen molar-refractivity contribution in [3.63, 3.8) is 0 Å². The third-order valence-electron chi connectivity index (χ3n) is 1.65. The highest BCUT2D eigenvalue weighted by atomic mass is 19.2. The van der Waals surface area contributed by atoms with Gasteiger partial charge in [-0.2, -0.15) is 5.10 Å². The van der Waals surface area contributed by atoms with Crippen molar-refractivity contribution in [2.75, 3.05) is 6.67 Å². The van der Waals surface area contributed by atoms with Gasteiger partial charge in [-0.05, 0) is 0 Å². The maximum atomic E-state index is 13.1. The van der Waals surface area contributed by atoms with Gasteiger partial charge in [0.25, 0.3) is 0 Å². The fourth-order valence-electron chi connectivity index (χ4n) is 1.02. The molecule has 0 aromatic carbocycles. The topological polar surface area (TPSA) is 55.1 Å². The van der Waals surface area contributed by atoms with Gasteiger partial charge in [-0.1, -0.05) is 0 Å². The minimum atomic E-state index is -2.23. The molecule has 0 saturated heterocycles. The first-order valence-electron chi connectivity index (χ1n) is 3.64. The second-order valence-electron chi connectivity index (χ2n) is 2.60. The van der Waals surface area contributed by atoms with E-state index in [9.17, 15) is 18.0 Å². The Morgan fingerprint density at radius 1 is 1.71 bits per heavy atom. The molecule has 1 rings (SSSR count). The molecule has 14 heavy (non-hydrogen) atoms. The van der Waals surface area contributed by atoms with E-state index in [0.717, 1.165) is 7.05 Å². The summed E-state index contributed by atoms with van der Waals surface area (Å²) in [5.74, 6) is -2.90. The zero-order chi connectivity index (χ0) is 10.9. The molecule has 1 atom stereocenters. The van der Waals surface area contributed by atoms with Crippen LogP contribution in [0.1, 0.15) is 22.4 Å². The number of rotatable bonds is 3. The normalized spacial score (nSPS) is 12.9. The lowest BCUT2D eigenvalue weighted by atomic mass is 10.2. The summed E-state index contributed by atoms with van der Waals surface area (Å²) in [6, 6.07) is 0. The van der Waals surface area contributed by atoms with Crippen LogP contribution in [0, 0.1) is 5.82 Å². The fraction of sp³-hybridized carbons (Fsp3) is 0.429. The molecule has 0 spiro atoms. The largest absolute Gasteiger partial charge is 0.476 e. The Bertz CT molecular complexity index is 364. The van der Waals surface area contributed by atoms with Crippen LogP contribution in [0.4, 0.5) is 13.2 Å². The first kappa shape index (κ1) is 10.6. The number of hydrogen-bond acceptors (Lipinski definition) is 2. The molecule has 1 heterocycles. The Hall–Kier alpha value is -1.53. The van der Waals surface area contributed by atoms with Crippen LogP contribution in [-0.4, -0.2) is 27.5 Å². The van der Waals surface area contributed by atoms with Crippen molar-refractivity contribution in [2.24, 2.45) is 7.05 Å². The van der Waals surface area contributed by atoms with Gasteiger partial charge in [-0.25, -0.2) is 18.0 Å². The lowest BCUT2D eigenvalue weighted by Crippen LogP contribution is -2.06. The maximum absolute atomic E-state index is 13.1. The SMILES string of the molecule is Cn1nc(C(F)CF)c(F)c1C(=O)O. The molecule has 0 aliphatic heterocycles. The van der Waals surface area contributed by atoms with Crippen LogP contribution in [0.5, 0.6) is 0 Å². The second kappa shape index (κ2) is 3.69. The molecule has 4 nitrogen and oxygen atoms in total. The van der Waals surface area contributed by atoms with Gasteiger partial charge < -0.3 is 5.11 Å². The van der Waals surface area contributed by atoms with E-state index in [1.54, 1.807) is 0 Å². The van der Waals surface area contributed by atoms with Crippen LogP contribution in [0.3, 0.4) is 0 Å². The number of carboxylic acids is 1. The third-order valence-corrected chi connectivity index (χ3v) is 1.65. The first-order chi connectivity index (χ1) is 6.49. The highest BCUT2D eigenvalue weighted by Gasteiger charge is 2.26. The molecule has 0 fully saturated rings. The first-order valence-corrected chi connectivity index (χ1v) is 3.64. The van der Waals surface area contributed by atoms with Gasteiger partial charge in [-0.15, -0.1) is 0 Å². The van der Waals surface area contributed by atoms with Crippen molar-refractivity contribution in [2.45, 2.75) is 6.17 Å². The third kappa shape index (κ3) is 1.57. The van der Waals surface area contributed by atoms with Crippen LogP contribution < -0.4 is 0 Å². The van der Waals surface area contributed by atoms with Crippen LogP contribution >= 0.6 is 0 Å². The molecule has 1 aromatic rings. The van der Waals surface area contributed by atoms with Crippen LogP contribution in [0.25, 0.3) is 0 Å². The van der Waals surface area contributed by atoms with Crippen LogP contribution in [0.15, 0.2) is 0 Å². The van der Waals surface area contributed by atoms with Gasteiger partial charge in [0, 0.05) is 7.05 Å². The molecule has 0 amide bonds. The van der Waals surface area contributed by atoms with Gasteiger partial charge in [0.05, 0.1) is 0 Å². The minimum Gasteiger partial charge on any atom is -0.476 e. The van der Waals surface area contributed by atoms with Gasteiger partial charge in [0.1, 0.15) is 12.4 Å². The zero-order valence-corrected chi connectivity index (χ0v) is 7.17. The molecule has 1 unspecified atom stereocenters. The van der Waals surface area contributed by atoms with Gasteiger partial charge >= 0.3 is 5.97 Å². The molecule has 0 bridgehead atoms. The van der Waals surface area contributed by atoms with E-state index >= 15 is 0 Å². The molecule has 0 aliphatic carbocycles. The Balaban J connectivity index is 3.23. The smallest absolute Gasteiger partial charge is 0.357 e. The molecule has 7 heteroatoms. The van der Waals surface area contributed by atoms with E-state index in [1.807, 2.05) is 0 Å². The van der Waals surface area contributed by atoms with Crippen molar-refractivity contribution in [1.82, 2.24) is 9.78 Å². The summed E-state index contributed by atoms with van der Waals surface area (Å²) in [6.07, 6.45) is -2.23. The summed E-state index contributed by atoms with van der Waals surface area (Å²) in [4.78, 5) is 10.4. The summed E-state index contributed by atoms with van der Waals surface area (Å²) in [5, 5.41) is 11.7. The van der Waals surface area contributed by atoms with Crippen LogP contribution in [-0.2, 0) is 7.05 Å². The Labute approximate surface area is 77.0 Å². The highest BCUT2D eigenvalue weighted by molar-refractivity contribution is 5.86. The summed E-state index contributed by atoms with van der Waals surface area (Å²) in [6.45, 7) is -1.44. The number of carboxylic acid groups (broad SMARTS) is 1. The molecule has 0 saturated carbocycles. The van der Waals surface area contributed by atoms with E-state index in [-0.39, 0.29) is 0 Å². The number of nitrogens with zero attached hydrogens (tertiary/aromatic N) is 2. The molecule has 1 aromatic heterocycles. The summed E-state index contributed by atoms with van der Waals surface area (Å²) >= 11 is 0. The Kier molecular flexibility index (Phi) is 2.78. The van der Waals surface area contributed by atoms with Crippen LogP contribution in [0.2, 0.25) is 0 Å². The van der Waals surface area contributed by atoms with Crippen molar-refractivity contribution in [3.8, 4) is 0 Å². The number of hydrogen-bond donors (Lipinski definition) is 1. The van der Waals surface area contributed by atoms with Crippen molar-refractivity contribution >= 4 is 5.97 Å². The number of alkyl halides is 2. The highest BCUT2D eigenvalue weighted by Crippen LogP contribution is 2.22. The minimum absolute atomic E-state index is 0.662. The van der Waals surface area contributed by atoms with Crippen molar-refractivity contribution < 1.29 is 23.1 Å². The predicted molar refractivity (Wildman–Crippen MR) is 39.9 cm³/mol. The van der Waals surface area contributed by atoms with E-state index in [4.69, 9.17) is 5.11 Å². The second-order valence-corrected chi connectivity index (χ2v) is 2.60. The molecular weight excluding hydrogens is 201 g/mol. The zero-order valence-electron chi connectivity index (χ0n) is 7.17. The van der Waals surface area contributed by atoms with Crippen molar-refractivity contribution in [3.05, 3.63) is 17.2 Å². The van der Waals surface area contributed by atoms with Gasteiger partial charge in [0.15, 0.2) is 17.7 Å². The summed E-state index contributed by atoms with van der Waals surface area (Å²) in [7, 11) is 1.14. The number of aromatic nitrogens is 2.